The van der Waals surface area contributed by atoms with Gasteiger partial charge in [0.1, 0.15) is 0 Å². The number of rotatable bonds is 4. The van der Waals surface area contributed by atoms with Crippen LogP contribution < -0.4 is 16.4 Å². The van der Waals surface area contributed by atoms with Crippen molar-refractivity contribution in [2.45, 2.75) is 0 Å². The van der Waals surface area contributed by atoms with Gasteiger partial charge in [-0.1, -0.05) is 200 Å². The molecule has 0 saturated carbocycles. The second kappa shape index (κ2) is 14.6. The first-order valence-electron chi connectivity index (χ1n) is 26.8. The number of aromatic nitrogens is 2. The highest BCUT2D eigenvalue weighted by Crippen LogP contribution is 2.47. The largest absolute Gasteiger partial charge is 0.310 e. The Morgan fingerprint density at radius 3 is 1.01 bits per heavy atom. The topological polar surface area (TPSA) is 9.86 Å². The van der Waals surface area contributed by atoms with Gasteiger partial charge in [0, 0.05) is 32.9 Å². The highest BCUT2D eigenvalue weighted by molar-refractivity contribution is 7.00. The molecule has 0 N–H and O–H groups in total. The van der Waals surface area contributed by atoms with Gasteiger partial charge in [-0.15, -0.1) is 0 Å². The molecule has 2 aliphatic rings. The molecule has 0 unspecified atom stereocenters. The van der Waals surface area contributed by atoms with Crippen LogP contribution in [0.2, 0.25) is 0 Å². The molecule has 2 aromatic heterocycles. The molecule has 0 aliphatic carbocycles. The highest BCUT2D eigenvalue weighted by atomic mass is 15.0. The summed E-state index contributed by atoms with van der Waals surface area (Å²) in [6, 6.07) is 83.7. The SMILES string of the molecule is [2H]c1c([2H])c2c3c(c1[2H])-n1c4ccc5cc(-c6ccccc6)ccc5c4c4c5ccc(-c6ccccc6)cc5cc(c41)B3c1cc3cc(-c4ccccc4)ccc3c3c4c5ccc(-c6ccccc6)cc5ccc4n-2c13. The monoisotopic (exact) mass is 923 g/mol. The zero-order valence-electron chi connectivity index (χ0n) is 42.4. The lowest BCUT2D eigenvalue weighted by Crippen LogP contribution is -2.59. The summed E-state index contributed by atoms with van der Waals surface area (Å²) in [4.78, 5) is 0. The zero-order chi connectivity index (χ0) is 50.1. The maximum Gasteiger partial charge on any atom is 0.252 e. The smallest absolute Gasteiger partial charge is 0.252 e. The Morgan fingerprint density at radius 2 is 0.644 bits per heavy atom. The van der Waals surface area contributed by atoms with Crippen molar-refractivity contribution >= 4 is 110 Å². The van der Waals surface area contributed by atoms with Gasteiger partial charge in [0.2, 0.25) is 0 Å². The molecule has 0 fully saturated rings. The van der Waals surface area contributed by atoms with E-state index in [9.17, 15) is 4.11 Å². The number of fused-ring (bicyclic) bond motifs is 18. The Kier molecular flexibility index (Phi) is 7.29. The second-order valence-electron chi connectivity index (χ2n) is 20.1. The van der Waals surface area contributed by atoms with Crippen molar-refractivity contribution in [3.63, 3.8) is 0 Å². The number of hydrogen-bond acceptors (Lipinski definition) is 0. The Balaban J connectivity index is 1.06. The van der Waals surface area contributed by atoms with Crippen molar-refractivity contribution < 1.29 is 4.11 Å². The minimum absolute atomic E-state index is 0.0689. The minimum Gasteiger partial charge on any atom is -0.310 e. The van der Waals surface area contributed by atoms with E-state index in [0.717, 1.165) is 136 Å². The fourth-order valence-corrected chi connectivity index (χ4v) is 13.2. The van der Waals surface area contributed by atoms with Crippen LogP contribution in [0.4, 0.5) is 0 Å². The number of hydrogen-bond donors (Lipinski definition) is 0. The summed E-state index contributed by atoms with van der Waals surface area (Å²) in [6.07, 6.45) is 0. The standard InChI is InChI=1S/C70H41BN2/c1-5-14-42(15-6-1)46-24-30-54-50(36-46)28-34-60-64(54)66-56-32-26-48(44-18-9-3-10-19-44)38-52(56)40-58-69(66)72(60)62-22-13-23-63-68(62)71(58)59-41-53-39-49(45-20-11-4-12-21-45)27-33-57(53)67-65-55-31-25-47(43-16-7-2-8-17-43)37-51(55)29-35-61(65)73(63)70(59)67/h1-41H/i13D,22D,23D. The van der Waals surface area contributed by atoms with Gasteiger partial charge >= 0.3 is 0 Å². The van der Waals surface area contributed by atoms with E-state index < -0.39 is 0 Å². The predicted octanol–water partition coefficient (Wildman–Crippen LogP) is 16.3. The van der Waals surface area contributed by atoms with Crippen molar-refractivity contribution in [3.05, 3.63) is 249 Å². The maximum absolute atomic E-state index is 10.2. The molecular weight excluding hydrogens is 880 g/mol. The molecule has 2 aliphatic heterocycles. The lowest BCUT2D eigenvalue weighted by Gasteiger charge is -2.34. The average molecular weight is 924 g/mol. The summed E-state index contributed by atoms with van der Waals surface area (Å²) in [7, 11) is 0. The Morgan fingerprint density at radius 1 is 0.301 bits per heavy atom. The van der Waals surface area contributed by atoms with E-state index in [1.54, 1.807) is 0 Å². The Bertz CT molecular complexity index is 4750. The van der Waals surface area contributed by atoms with Gasteiger partial charge in [-0.25, -0.2) is 0 Å². The van der Waals surface area contributed by atoms with Crippen LogP contribution in [-0.4, -0.2) is 15.8 Å². The van der Waals surface area contributed by atoms with Gasteiger partial charge in [0.05, 0.1) is 26.2 Å². The van der Waals surface area contributed by atoms with E-state index in [0.29, 0.717) is 11.4 Å². The van der Waals surface area contributed by atoms with Gasteiger partial charge in [-0.2, -0.15) is 0 Å². The van der Waals surface area contributed by atoms with Gasteiger partial charge in [0.25, 0.3) is 6.71 Å². The molecule has 0 amide bonds. The summed E-state index contributed by atoms with van der Waals surface area (Å²) in [5.74, 6) is 0. The quantitative estimate of drug-likeness (QED) is 0.156. The summed E-state index contributed by atoms with van der Waals surface area (Å²) in [5, 5.41) is 13.6. The molecule has 4 heterocycles. The van der Waals surface area contributed by atoms with Gasteiger partial charge in [0.15, 0.2) is 0 Å². The van der Waals surface area contributed by atoms with Crippen molar-refractivity contribution in [2.75, 3.05) is 0 Å². The molecule has 0 spiro atoms. The molecule has 0 radical (unpaired) electrons. The first-order chi connectivity index (χ1) is 37.5. The molecule has 334 valence electrons. The summed E-state index contributed by atoms with van der Waals surface area (Å²) in [6.45, 7) is -0.376. The predicted molar refractivity (Wildman–Crippen MR) is 312 cm³/mol. The molecule has 73 heavy (non-hydrogen) atoms. The third kappa shape index (κ3) is 5.38. The first kappa shape index (κ1) is 36.5. The van der Waals surface area contributed by atoms with Crippen LogP contribution in [0.1, 0.15) is 4.11 Å². The Hall–Kier alpha value is -9.44. The average Bonchev–Trinajstić information content (AvgIpc) is 3.39. The van der Waals surface area contributed by atoms with Crippen LogP contribution in [-0.2, 0) is 0 Å². The molecule has 3 heteroatoms. The summed E-state index contributed by atoms with van der Waals surface area (Å²) < 4.78 is 34.8. The molecule has 17 rings (SSSR count). The normalized spacial score (nSPS) is 13.2. The minimum atomic E-state index is -0.376. The fraction of sp³-hybridized carbons (Fsp3) is 0. The molecule has 0 bridgehead atoms. The van der Waals surface area contributed by atoms with E-state index in [1.165, 1.54) is 11.1 Å². The molecule has 0 saturated heterocycles. The van der Waals surface area contributed by atoms with Gasteiger partial charge < -0.3 is 9.13 Å². The van der Waals surface area contributed by atoms with E-state index in [-0.39, 0.29) is 24.8 Å². The third-order valence-electron chi connectivity index (χ3n) is 16.4. The number of nitrogens with zero attached hydrogens (tertiary/aromatic N) is 2. The van der Waals surface area contributed by atoms with E-state index >= 15 is 0 Å². The molecule has 2 nitrogen and oxygen atoms in total. The highest BCUT2D eigenvalue weighted by Gasteiger charge is 2.42. The Labute approximate surface area is 425 Å². The maximum atomic E-state index is 10.2. The van der Waals surface area contributed by atoms with Gasteiger partial charge in [-0.3, -0.25) is 0 Å². The van der Waals surface area contributed by atoms with E-state index in [1.807, 2.05) is 0 Å². The summed E-state index contributed by atoms with van der Waals surface area (Å²) in [5.41, 5.74) is 17.9. The van der Waals surface area contributed by atoms with E-state index in [2.05, 4.69) is 240 Å². The van der Waals surface area contributed by atoms with Crippen LogP contribution >= 0.6 is 0 Å². The summed E-state index contributed by atoms with van der Waals surface area (Å²) >= 11 is 0. The van der Waals surface area contributed by atoms with E-state index in [4.69, 9.17) is 0 Å². The van der Waals surface area contributed by atoms with Crippen molar-refractivity contribution in [3.8, 4) is 55.9 Å². The molecular formula is C70H41BN2. The lowest BCUT2D eigenvalue weighted by molar-refractivity contribution is 1.14. The van der Waals surface area contributed by atoms with Crippen molar-refractivity contribution in [1.29, 1.82) is 0 Å². The second-order valence-corrected chi connectivity index (χ2v) is 20.1. The first-order valence-corrected chi connectivity index (χ1v) is 25.3. The van der Waals surface area contributed by atoms with Crippen LogP contribution in [0.5, 0.6) is 0 Å². The van der Waals surface area contributed by atoms with Crippen LogP contribution in [0, 0.1) is 0 Å². The number of benzene rings is 13. The molecule has 15 aromatic rings. The molecule has 13 aromatic carbocycles. The van der Waals surface area contributed by atoms with Crippen molar-refractivity contribution in [1.82, 2.24) is 9.13 Å². The van der Waals surface area contributed by atoms with Crippen LogP contribution in [0.15, 0.2) is 249 Å². The fourth-order valence-electron chi connectivity index (χ4n) is 13.2. The van der Waals surface area contributed by atoms with Crippen molar-refractivity contribution in [2.24, 2.45) is 0 Å². The van der Waals surface area contributed by atoms with Crippen LogP contribution in [0.25, 0.3) is 143 Å². The third-order valence-corrected chi connectivity index (χ3v) is 16.4. The molecule has 0 atom stereocenters. The van der Waals surface area contributed by atoms with Gasteiger partial charge in [-0.05, 0) is 152 Å². The lowest BCUT2D eigenvalue weighted by atomic mass is 9.34. The zero-order valence-corrected chi connectivity index (χ0v) is 39.4. The van der Waals surface area contributed by atoms with Crippen LogP contribution in [0.3, 0.4) is 0 Å².